The molecule has 2 heterocycles. The number of nitrogens with two attached hydrogens (primary N) is 1. The van der Waals surface area contributed by atoms with Crippen LogP contribution in [0, 0.1) is 5.82 Å². The highest BCUT2D eigenvalue weighted by Crippen LogP contribution is 2.36. The van der Waals surface area contributed by atoms with E-state index in [0.29, 0.717) is 10.8 Å². The highest BCUT2D eigenvalue weighted by atomic mass is 35.5. The van der Waals surface area contributed by atoms with E-state index in [1.165, 1.54) is 25.3 Å². The summed E-state index contributed by atoms with van der Waals surface area (Å²) in [5, 5.41) is 8.81. The lowest BCUT2D eigenvalue weighted by Gasteiger charge is -2.17. The molecule has 1 atom stereocenters. The zero-order valence-electron chi connectivity index (χ0n) is 20.0. The molecule has 0 aliphatic heterocycles. The van der Waals surface area contributed by atoms with Crippen LogP contribution in [0.2, 0.25) is 5.02 Å². The normalized spacial score (nSPS) is 12.2. The van der Waals surface area contributed by atoms with Gasteiger partial charge in [0.15, 0.2) is 5.69 Å². The molecule has 0 radical (unpaired) electrons. The molecule has 0 bridgehead atoms. The van der Waals surface area contributed by atoms with E-state index in [0.717, 1.165) is 35.1 Å². The molecule has 0 spiro atoms. The summed E-state index contributed by atoms with van der Waals surface area (Å²) in [6, 6.07) is 7.73. The molecule has 10 nitrogen and oxygen atoms in total. The van der Waals surface area contributed by atoms with E-state index in [2.05, 4.69) is 15.6 Å². The number of hydrogen-bond donors (Lipinski definition) is 2. The van der Waals surface area contributed by atoms with Crippen molar-refractivity contribution < 1.29 is 36.3 Å². The molecule has 2 amide bonds. The van der Waals surface area contributed by atoms with Crippen molar-refractivity contribution in [2.45, 2.75) is 12.5 Å². The van der Waals surface area contributed by atoms with E-state index in [4.69, 9.17) is 22.1 Å². The van der Waals surface area contributed by atoms with Gasteiger partial charge in [-0.25, -0.2) is 13.5 Å². The summed E-state index contributed by atoms with van der Waals surface area (Å²) < 4.78 is 74.8. The average Bonchev–Trinajstić information content (AvgIpc) is 3.39. The first-order valence-corrected chi connectivity index (χ1v) is 11.3. The van der Waals surface area contributed by atoms with E-state index in [-0.39, 0.29) is 33.3 Å². The summed E-state index contributed by atoms with van der Waals surface area (Å²) in [4.78, 5) is 36.5. The molecule has 208 valence electrons. The number of nitrogens with one attached hydrogen (secondary N) is 1. The van der Waals surface area contributed by atoms with Crippen LogP contribution in [-0.4, -0.2) is 38.5 Å². The zero-order valence-corrected chi connectivity index (χ0v) is 20.8. The molecule has 16 heteroatoms. The van der Waals surface area contributed by atoms with Crippen molar-refractivity contribution in [2.24, 2.45) is 5.73 Å². The first-order chi connectivity index (χ1) is 18.8. The lowest BCUT2D eigenvalue weighted by molar-refractivity contribution is -0.141. The number of nitrogens with zero attached hydrogens (tertiary/aromatic N) is 4. The fraction of sp³-hybridized carbons (Fsp3) is 0.125. The van der Waals surface area contributed by atoms with Crippen LogP contribution in [0.15, 0.2) is 59.7 Å². The van der Waals surface area contributed by atoms with Gasteiger partial charge in [-0.15, -0.1) is 5.10 Å². The van der Waals surface area contributed by atoms with Crippen molar-refractivity contribution in [3.63, 3.8) is 0 Å². The Labute approximate surface area is 225 Å². The third-order valence-corrected chi connectivity index (χ3v) is 5.74. The Bertz CT molecular complexity index is 1690. The third-order valence-electron chi connectivity index (χ3n) is 5.51. The van der Waals surface area contributed by atoms with E-state index < -0.39 is 46.9 Å². The Morgan fingerprint density at radius 1 is 1.10 bits per heavy atom. The number of alkyl halides is 4. The quantitative estimate of drug-likeness (QED) is 0.315. The van der Waals surface area contributed by atoms with Crippen LogP contribution >= 0.6 is 11.6 Å². The maximum Gasteiger partial charge on any atom is 0.436 e. The van der Waals surface area contributed by atoms with Crippen LogP contribution in [-0.2, 0) is 11.0 Å². The van der Waals surface area contributed by atoms with Gasteiger partial charge in [-0.3, -0.25) is 19.0 Å². The van der Waals surface area contributed by atoms with Gasteiger partial charge in [-0.1, -0.05) is 16.8 Å². The van der Waals surface area contributed by atoms with Gasteiger partial charge in [0.1, 0.15) is 11.6 Å². The van der Waals surface area contributed by atoms with E-state index in [1.54, 1.807) is 0 Å². The molecule has 2 aromatic carbocycles. The minimum atomic E-state index is -4.77. The summed E-state index contributed by atoms with van der Waals surface area (Å²) in [6.07, 6.45) is -5.90. The molecule has 3 N–H and O–H groups in total. The highest BCUT2D eigenvalue weighted by Gasteiger charge is 2.35. The van der Waals surface area contributed by atoms with Crippen LogP contribution in [0.4, 0.5) is 27.6 Å². The second-order valence-electron chi connectivity index (χ2n) is 8.09. The van der Waals surface area contributed by atoms with Crippen molar-refractivity contribution in [3.05, 3.63) is 87.3 Å². The van der Waals surface area contributed by atoms with Gasteiger partial charge in [0, 0.05) is 27.9 Å². The average molecular weight is 583 g/mol. The number of carbonyl (C=O) groups is 2. The Kier molecular flexibility index (Phi) is 7.59. The Hall–Kier alpha value is -4.79. The molecule has 1 unspecified atom stereocenters. The molecule has 0 saturated carbocycles. The molecule has 0 aliphatic carbocycles. The Morgan fingerprint density at radius 3 is 2.42 bits per heavy atom. The number of aromatic nitrogens is 4. The predicted molar refractivity (Wildman–Crippen MR) is 131 cm³/mol. The lowest BCUT2D eigenvalue weighted by Crippen LogP contribution is -2.30. The maximum atomic E-state index is 15.1. The van der Waals surface area contributed by atoms with Crippen molar-refractivity contribution in [2.75, 3.05) is 12.4 Å². The first kappa shape index (κ1) is 28.2. The molecule has 0 fully saturated rings. The summed E-state index contributed by atoms with van der Waals surface area (Å²) >= 11 is 6.09. The number of halogens is 6. The van der Waals surface area contributed by atoms with Crippen LogP contribution in [0.1, 0.15) is 22.3 Å². The van der Waals surface area contributed by atoms with Crippen molar-refractivity contribution in [3.8, 4) is 22.6 Å². The number of pyridine rings is 1. The number of methoxy groups -OCH3 is 1. The summed E-state index contributed by atoms with van der Waals surface area (Å²) in [5.74, 6) is -3.64. The molecular weight excluding hydrogens is 567 g/mol. The van der Waals surface area contributed by atoms with Crippen LogP contribution in [0.3, 0.4) is 0 Å². The minimum Gasteiger partial charge on any atom is -0.495 e. The number of rotatable bonds is 7. The highest BCUT2D eigenvalue weighted by molar-refractivity contribution is 6.31. The van der Waals surface area contributed by atoms with Gasteiger partial charge in [-0.05, 0) is 36.4 Å². The van der Waals surface area contributed by atoms with Gasteiger partial charge in [0.2, 0.25) is 0 Å². The molecule has 4 rings (SSSR count). The van der Waals surface area contributed by atoms with Gasteiger partial charge >= 0.3 is 6.18 Å². The number of anilines is 1. The van der Waals surface area contributed by atoms with Crippen LogP contribution < -0.4 is 21.3 Å². The maximum absolute atomic E-state index is 15.1. The van der Waals surface area contributed by atoms with Crippen LogP contribution in [0.5, 0.6) is 5.75 Å². The molecule has 40 heavy (non-hydrogen) atoms. The SMILES string of the molecule is COc1cn(C(F)C(=O)Nc2ccc(C(N)=O)c(F)c2)c(=O)cc1-c1cc(Cl)ccc1-n1cc(C(F)(F)F)nn1. The minimum absolute atomic E-state index is 0.0120. The Balaban J connectivity index is 1.71. The first-order valence-electron chi connectivity index (χ1n) is 10.9. The second-order valence-corrected chi connectivity index (χ2v) is 8.53. The number of ether oxygens (including phenoxy) is 1. The summed E-state index contributed by atoms with van der Waals surface area (Å²) in [6.45, 7) is 0. The fourth-order valence-electron chi connectivity index (χ4n) is 3.63. The topological polar surface area (TPSA) is 134 Å². The van der Waals surface area contributed by atoms with Gasteiger partial charge in [0.25, 0.3) is 23.7 Å². The number of carbonyl (C=O) groups excluding carboxylic acids is 2. The predicted octanol–water partition coefficient (Wildman–Crippen LogP) is 4.12. The number of benzene rings is 2. The fourth-order valence-corrected chi connectivity index (χ4v) is 3.81. The van der Waals surface area contributed by atoms with E-state index in [9.17, 15) is 31.9 Å². The largest absolute Gasteiger partial charge is 0.495 e. The van der Waals surface area contributed by atoms with Gasteiger partial charge < -0.3 is 15.8 Å². The zero-order chi connectivity index (χ0) is 29.4. The summed E-state index contributed by atoms with van der Waals surface area (Å²) in [5.41, 5.74) is 2.12. The second kappa shape index (κ2) is 10.8. The van der Waals surface area contributed by atoms with Crippen molar-refractivity contribution >= 4 is 29.1 Å². The summed E-state index contributed by atoms with van der Waals surface area (Å²) in [7, 11) is 1.17. The molecular formula is C24H16ClF5N6O4. The lowest BCUT2D eigenvalue weighted by atomic mass is 10.0. The molecule has 0 saturated heterocycles. The van der Waals surface area contributed by atoms with E-state index >= 15 is 4.39 Å². The number of primary amides is 1. The number of hydrogen-bond acceptors (Lipinski definition) is 6. The molecule has 4 aromatic rings. The van der Waals surface area contributed by atoms with E-state index in [1.807, 2.05) is 0 Å². The van der Waals surface area contributed by atoms with Crippen LogP contribution in [0.25, 0.3) is 16.8 Å². The smallest absolute Gasteiger partial charge is 0.436 e. The van der Waals surface area contributed by atoms with Crippen molar-refractivity contribution in [1.82, 2.24) is 19.6 Å². The molecule has 2 aromatic heterocycles. The van der Waals surface area contributed by atoms with Gasteiger partial charge in [-0.2, -0.15) is 13.2 Å². The third kappa shape index (κ3) is 5.63. The van der Waals surface area contributed by atoms with Crippen molar-refractivity contribution in [1.29, 1.82) is 0 Å². The molecule has 0 aliphatic rings. The monoisotopic (exact) mass is 582 g/mol. The van der Waals surface area contributed by atoms with Gasteiger partial charge in [0.05, 0.1) is 30.8 Å². The standard InChI is InChI=1S/C24H16ClF5N6O4/c1-40-18-9-35(21(27)23(39)32-12-3-4-13(22(31)38)16(26)7-12)20(37)8-15(18)14-6-11(25)2-5-17(14)36-10-19(33-34-36)24(28,29)30/h2-10,21H,1H3,(H2,31,38)(H,32,39). The Morgan fingerprint density at radius 2 is 1.82 bits per heavy atom. The number of amides is 2.